The lowest BCUT2D eigenvalue weighted by atomic mass is 10.1. The van der Waals surface area contributed by atoms with E-state index < -0.39 is 12.1 Å². The molecule has 1 aromatic heterocycles. The second-order valence-electron chi connectivity index (χ2n) is 4.23. The molecule has 5 nitrogen and oxygen atoms in total. The Morgan fingerprint density at radius 1 is 1.38 bits per heavy atom. The topological polar surface area (TPSA) is 85.4 Å². The first kappa shape index (κ1) is 14.6. The summed E-state index contributed by atoms with van der Waals surface area (Å²) in [6, 6.07) is 10.5. The monoisotopic (exact) mass is 282 g/mol. The maximum atomic E-state index is 11.4. The van der Waals surface area contributed by atoms with Crippen LogP contribution in [-0.2, 0) is 4.74 Å². The fourth-order valence-corrected chi connectivity index (χ4v) is 1.67. The summed E-state index contributed by atoms with van der Waals surface area (Å²) in [7, 11) is 1.28. The Kier molecular flexibility index (Phi) is 4.54. The average molecular weight is 282 g/mol. The van der Waals surface area contributed by atoms with E-state index in [1.807, 2.05) is 18.2 Å². The van der Waals surface area contributed by atoms with Crippen LogP contribution in [0, 0.1) is 11.8 Å². The number of aliphatic hydroxyl groups is 1. The van der Waals surface area contributed by atoms with Gasteiger partial charge in [0.1, 0.15) is 11.9 Å². The summed E-state index contributed by atoms with van der Waals surface area (Å²) in [4.78, 5) is 15.3. The molecule has 0 amide bonds. The average Bonchev–Trinajstić information content (AvgIpc) is 2.53. The number of hydrogen-bond acceptors (Lipinski definition) is 5. The van der Waals surface area contributed by atoms with E-state index in [1.54, 1.807) is 12.1 Å². The number of ether oxygens (including phenoxy) is 1. The molecule has 0 saturated carbocycles. The first-order chi connectivity index (χ1) is 10.1. The second kappa shape index (κ2) is 6.55. The van der Waals surface area contributed by atoms with Gasteiger partial charge in [0.25, 0.3) is 0 Å². The Balaban J connectivity index is 2.28. The van der Waals surface area contributed by atoms with E-state index in [9.17, 15) is 9.90 Å². The van der Waals surface area contributed by atoms with Crippen molar-refractivity contribution in [2.45, 2.75) is 6.10 Å². The lowest BCUT2D eigenvalue weighted by molar-refractivity contribution is 0.0600. The van der Waals surface area contributed by atoms with Crippen molar-refractivity contribution < 1.29 is 14.6 Å². The quantitative estimate of drug-likeness (QED) is 0.644. The maximum absolute atomic E-state index is 11.4. The van der Waals surface area contributed by atoms with Gasteiger partial charge < -0.3 is 15.6 Å². The molecule has 21 heavy (non-hydrogen) atoms. The Hall–Kier alpha value is -2.84. The molecule has 1 aromatic carbocycles. The summed E-state index contributed by atoms with van der Waals surface area (Å²) in [5.41, 5.74) is 7.01. The van der Waals surface area contributed by atoms with Gasteiger partial charge in [-0.05, 0) is 11.6 Å². The zero-order chi connectivity index (χ0) is 15.2. The molecule has 0 spiro atoms. The lowest BCUT2D eigenvalue weighted by Gasteiger charge is -2.03. The van der Waals surface area contributed by atoms with Gasteiger partial charge in [-0.2, -0.15) is 0 Å². The van der Waals surface area contributed by atoms with Crippen LogP contribution in [0.3, 0.4) is 0 Å². The highest BCUT2D eigenvalue weighted by molar-refractivity contribution is 5.89. The van der Waals surface area contributed by atoms with Crippen LogP contribution in [-0.4, -0.2) is 23.2 Å². The van der Waals surface area contributed by atoms with Crippen LogP contribution in [0.15, 0.2) is 42.6 Å². The Labute approximate surface area is 122 Å². The number of aromatic nitrogens is 1. The number of aliphatic hydroxyl groups excluding tert-OH is 1. The predicted molar refractivity (Wildman–Crippen MR) is 78.3 cm³/mol. The number of nitrogens with two attached hydrogens (primary N) is 1. The summed E-state index contributed by atoms with van der Waals surface area (Å²) < 4.78 is 4.61. The first-order valence-corrected chi connectivity index (χ1v) is 6.20. The number of hydrogen-bond donors (Lipinski definition) is 2. The number of anilines is 1. The Morgan fingerprint density at radius 2 is 2.10 bits per heavy atom. The highest BCUT2D eigenvalue weighted by Gasteiger charge is 2.09. The third kappa shape index (κ3) is 3.59. The maximum Gasteiger partial charge on any atom is 0.339 e. The third-order valence-electron chi connectivity index (χ3n) is 2.80. The summed E-state index contributed by atoms with van der Waals surface area (Å²) in [5.74, 6) is 5.08. The molecule has 0 aliphatic heterocycles. The molecule has 3 N–H and O–H groups in total. The fraction of sp³-hybridized carbons (Fsp3) is 0.125. The van der Waals surface area contributed by atoms with Crippen LogP contribution < -0.4 is 5.73 Å². The van der Waals surface area contributed by atoms with Crippen molar-refractivity contribution in [1.82, 2.24) is 4.98 Å². The van der Waals surface area contributed by atoms with E-state index in [0.717, 1.165) is 0 Å². The van der Waals surface area contributed by atoms with Crippen molar-refractivity contribution in [3.8, 4) is 11.8 Å². The normalized spacial score (nSPS) is 11.1. The number of nitrogen functional groups attached to an aromatic ring is 1. The van der Waals surface area contributed by atoms with Crippen molar-refractivity contribution in [2.75, 3.05) is 12.8 Å². The van der Waals surface area contributed by atoms with Gasteiger partial charge in [-0.3, -0.25) is 0 Å². The standard InChI is InChI=1S/C16H14N2O3/c1-21-16(20)13-9-12(15(17)18-10-13)7-8-14(19)11-5-3-2-4-6-11/h2-6,9-10,14,19H,1H3,(H2,17,18). The predicted octanol–water partition coefficient (Wildman–Crippen LogP) is 1.54. The SMILES string of the molecule is COC(=O)c1cnc(N)c(C#CC(O)c2ccccc2)c1. The summed E-state index contributed by atoms with van der Waals surface area (Å²) in [5, 5.41) is 9.97. The van der Waals surface area contributed by atoms with Gasteiger partial charge in [0, 0.05) is 6.20 Å². The summed E-state index contributed by atoms with van der Waals surface area (Å²) in [6.45, 7) is 0. The molecule has 2 rings (SSSR count). The second-order valence-corrected chi connectivity index (χ2v) is 4.23. The Bertz CT molecular complexity index is 702. The number of pyridine rings is 1. The van der Waals surface area contributed by atoms with Crippen molar-refractivity contribution in [2.24, 2.45) is 0 Å². The molecule has 0 aliphatic rings. The molecule has 2 aromatic rings. The van der Waals surface area contributed by atoms with E-state index in [-0.39, 0.29) is 11.4 Å². The van der Waals surface area contributed by atoms with Gasteiger partial charge in [0.05, 0.1) is 18.2 Å². The van der Waals surface area contributed by atoms with E-state index in [2.05, 4.69) is 21.6 Å². The van der Waals surface area contributed by atoms with Crippen LogP contribution in [0.25, 0.3) is 0 Å². The number of benzene rings is 1. The number of nitrogens with zero attached hydrogens (tertiary/aromatic N) is 1. The molecule has 106 valence electrons. The van der Waals surface area contributed by atoms with Crippen LogP contribution in [0.5, 0.6) is 0 Å². The molecule has 0 fully saturated rings. The molecule has 0 aliphatic carbocycles. The van der Waals surface area contributed by atoms with Crippen molar-refractivity contribution >= 4 is 11.8 Å². The number of carbonyl (C=O) groups is 1. The highest BCUT2D eigenvalue weighted by Crippen LogP contribution is 2.13. The molecule has 0 bridgehead atoms. The minimum Gasteiger partial charge on any atom is -0.465 e. The number of carbonyl (C=O) groups excluding carboxylic acids is 1. The minimum atomic E-state index is -0.938. The summed E-state index contributed by atoms with van der Waals surface area (Å²) >= 11 is 0. The molecule has 0 radical (unpaired) electrons. The minimum absolute atomic E-state index is 0.190. The van der Waals surface area contributed by atoms with Crippen LogP contribution in [0.4, 0.5) is 5.82 Å². The van der Waals surface area contributed by atoms with E-state index >= 15 is 0 Å². The smallest absolute Gasteiger partial charge is 0.339 e. The molecular formula is C16H14N2O3. The first-order valence-electron chi connectivity index (χ1n) is 6.20. The lowest BCUT2D eigenvalue weighted by Crippen LogP contribution is -2.04. The fourth-order valence-electron chi connectivity index (χ4n) is 1.67. The molecule has 1 unspecified atom stereocenters. The van der Waals surface area contributed by atoms with Gasteiger partial charge in [-0.25, -0.2) is 9.78 Å². The summed E-state index contributed by atoms with van der Waals surface area (Å²) in [6.07, 6.45) is 0.382. The van der Waals surface area contributed by atoms with Crippen LogP contribution >= 0.6 is 0 Å². The number of methoxy groups -OCH3 is 1. The zero-order valence-electron chi connectivity index (χ0n) is 11.4. The molecule has 0 saturated heterocycles. The van der Waals surface area contributed by atoms with Crippen molar-refractivity contribution in [1.29, 1.82) is 0 Å². The highest BCUT2D eigenvalue weighted by atomic mass is 16.5. The van der Waals surface area contributed by atoms with Crippen LogP contribution in [0.2, 0.25) is 0 Å². The van der Waals surface area contributed by atoms with Crippen molar-refractivity contribution in [3.63, 3.8) is 0 Å². The van der Waals surface area contributed by atoms with Gasteiger partial charge >= 0.3 is 5.97 Å². The van der Waals surface area contributed by atoms with Gasteiger partial charge in [-0.15, -0.1) is 0 Å². The molecular weight excluding hydrogens is 268 g/mol. The molecule has 1 atom stereocenters. The van der Waals surface area contributed by atoms with Gasteiger partial charge in [-0.1, -0.05) is 42.2 Å². The largest absolute Gasteiger partial charge is 0.465 e. The van der Waals surface area contributed by atoms with Crippen molar-refractivity contribution in [3.05, 3.63) is 59.3 Å². The third-order valence-corrected chi connectivity index (χ3v) is 2.80. The zero-order valence-corrected chi connectivity index (χ0v) is 11.4. The molecule has 5 heteroatoms. The van der Waals surface area contributed by atoms with Gasteiger partial charge in [0.2, 0.25) is 0 Å². The van der Waals surface area contributed by atoms with Crippen LogP contribution in [0.1, 0.15) is 27.6 Å². The Morgan fingerprint density at radius 3 is 2.76 bits per heavy atom. The molecule has 1 heterocycles. The van der Waals surface area contributed by atoms with E-state index in [1.165, 1.54) is 19.4 Å². The van der Waals surface area contributed by atoms with E-state index in [0.29, 0.717) is 11.1 Å². The van der Waals surface area contributed by atoms with E-state index in [4.69, 9.17) is 5.73 Å². The van der Waals surface area contributed by atoms with Gasteiger partial charge in [0.15, 0.2) is 0 Å². The number of esters is 1. The number of rotatable bonds is 2.